The average molecular weight is 265 g/mol. The molecule has 1 aliphatic rings. The Kier molecular flexibility index (Phi) is 4.04. The van der Waals surface area contributed by atoms with Gasteiger partial charge < -0.3 is 20.0 Å². The van der Waals surface area contributed by atoms with Crippen molar-refractivity contribution in [1.82, 2.24) is 19.9 Å². The highest BCUT2D eigenvalue weighted by molar-refractivity contribution is 5.45. The van der Waals surface area contributed by atoms with Gasteiger partial charge in [0.1, 0.15) is 0 Å². The van der Waals surface area contributed by atoms with Crippen LogP contribution < -0.4 is 15.1 Å². The highest BCUT2D eigenvalue weighted by atomic mass is 15.4. The number of nitrogens with one attached hydrogen (secondary N) is 1. The molecule has 1 N–H and O–H groups in total. The fraction of sp³-hybridized carbons (Fsp3) is 0.750. The minimum absolute atomic E-state index is 0.567. The van der Waals surface area contributed by atoms with Crippen LogP contribution in [0.15, 0.2) is 0 Å². The second-order valence-corrected chi connectivity index (χ2v) is 5.26. The summed E-state index contributed by atoms with van der Waals surface area (Å²) in [6, 6.07) is 0.567. The van der Waals surface area contributed by atoms with Crippen LogP contribution in [0, 0.1) is 0 Å². The van der Waals surface area contributed by atoms with Gasteiger partial charge in [-0.1, -0.05) is 0 Å². The van der Waals surface area contributed by atoms with Crippen LogP contribution in [0.3, 0.4) is 0 Å². The molecule has 1 aliphatic heterocycles. The van der Waals surface area contributed by atoms with Crippen molar-refractivity contribution < 1.29 is 0 Å². The fourth-order valence-electron chi connectivity index (χ4n) is 2.15. The molecule has 0 amide bonds. The summed E-state index contributed by atoms with van der Waals surface area (Å²) >= 11 is 0. The molecule has 0 radical (unpaired) electrons. The van der Waals surface area contributed by atoms with Crippen LogP contribution >= 0.6 is 0 Å². The average Bonchev–Trinajstić information content (AvgIpc) is 2.87. The maximum Gasteiger partial charge on any atom is 0.232 e. The van der Waals surface area contributed by atoms with Gasteiger partial charge in [-0.2, -0.15) is 15.0 Å². The third kappa shape index (κ3) is 3.04. The van der Waals surface area contributed by atoms with Crippen molar-refractivity contribution in [3.8, 4) is 0 Å². The van der Waals surface area contributed by atoms with Gasteiger partial charge >= 0.3 is 0 Å². The van der Waals surface area contributed by atoms with E-state index in [-0.39, 0.29) is 0 Å². The van der Waals surface area contributed by atoms with Gasteiger partial charge in [-0.05, 0) is 20.5 Å². The molecule has 0 saturated carbocycles. The highest BCUT2D eigenvalue weighted by Crippen LogP contribution is 2.21. The van der Waals surface area contributed by atoms with Gasteiger partial charge in [-0.15, -0.1) is 0 Å². The number of aromatic nitrogens is 3. The Morgan fingerprint density at radius 2 is 1.89 bits per heavy atom. The Labute approximate surface area is 114 Å². The molecular formula is C12H23N7. The van der Waals surface area contributed by atoms with E-state index in [9.17, 15) is 0 Å². The lowest BCUT2D eigenvalue weighted by molar-refractivity contribution is 0.315. The van der Waals surface area contributed by atoms with Crippen molar-refractivity contribution in [3.05, 3.63) is 0 Å². The topological polar surface area (TPSA) is 60.4 Å². The van der Waals surface area contributed by atoms with Gasteiger partial charge in [0.05, 0.1) is 0 Å². The predicted molar refractivity (Wildman–Crippen MR) is 78.0 cm³/mol. The Hall–Kier alpha value is -1.63. The lowest BCUT2D eigenvalue weighted by atomic mass is 10.2. The number of hydrogen-bond acceptors (Lipinski definition) is 7. The lowest BCUT2D eigenvalue weighted by Crippen LogP contribution is -2.32. The molecule has 19 heavy (non-hydrogen) atoms. The number of hydrogen-bond donors (Lipinski definition) is 1. The molecule has 1 aromatic heterocycles. The van der Waals surface area contributed by atoms with Crippen LogP contribution in [-0.2, 0) is 0 Å². The second kappa shape index (κ2) is 5.56. The number of likely N-dealkylation sites (N-methyl/N-ethyl adjacent to an activating group) is 1. The minimum Gasteiger partial charge on any atom is -0.357 e. The summed E-state index contributed by atoms with van der Waals surface area (Å²) in [5.41, 5.74) is 0. The smallest absolute Gasteiger partial charge is 0.232 e. The van der Waals surface area contributed by atoms with Gasteiger partial charge in [-0.3, -0.25) is 0 Å². The summed E-state index contributed by atoms with van der Waals surface area (Å²) in [6.07, 6.45) is 1.14. The van der Waals surface area contributed by atoms with Crippen molar-refractivity contribution in [2.24, 2.45) is 0 Å². The molecule has 7 nitrogen and oxygen atoms in total. The van der Waals surface area contributed by atoms with E-state index in [1.807, 2.05) is 26.0 Å². The molecule has 0 spiro atoms. The first-order valence-electron chi connectivity index (χ1n) is 6.53. The van der Waals surface area contributed by atoms with E-state index in [1.54, 1.807) is 0 Å². The summed E-state index contributed by atoms with van der Waals surface area (Å²) in [7, 11) is 9.93. The zero-order valence-electron chi connectivity index (χ0n) is 12.4. The monoisotopic (exact) mass is 265 g/mol. The van der Waals surface area contributed by atoms with E-state index in [1.165, 1.54) is 0 Å². The van der Waals surface area contributed by atoms with E-state index >= 15 is 0 Å². The molecule has 1 unspecified atom stereocenters. The lowest BCUT2D eigenvalue weighted by Gasteiger charge is -2.21. The van der Waals surface area contributed by atoms with Crippen LogP contribution in [0.1, 0.15) is 6.42 Å². The third-order valence-electron chi connectivity index (χ3n) is 3.41. The van der Waals surface area contributed by atoms with Crippen molar-refractivity contribution >= 4 is 17.8 Å². The Morgan fingerprint density at radius 1 is 1.16 bits per heavy atom. The van der Waals surface area contributed by atoms with Gasteiger partial charge in [-0.25, -0.2) is 0 Å². The summed E-state index contributed by atoms with van der Waals surface area (Å²) in [6.45, 7) is 1.95. The van der Waals surface area contributed by atoms with E-state index in [0.717, 1.165) is 25.5 Å². The quantitative estimate of drug-likeness (QED) is 0.829. The van der Waals surface area contributed by atoms with E-state index in [2.05, 4.69) is 44.2 Å². The first-order chi connectivity index (χ1) is 9.01. The van der Waals surface area contributed by atoms with Crippen molar-refractivity contribution in [1.29, 1.82) is 0 Å². The molecule has 1 fully saturated rings. The number of rotatable bonds is 4. The van der Waals surface area contributed by atoms with Crippen LogP contribution in [0.5, 0.6) is 0 Å². The molecule has 1 aromatic rings. The molecule has 7 heteroatoms. The number of anilines is 3. The first-order valence-corrected chi connectivity index (χ1v) is 6.53. The van der Waals surface area contributed by atoms with Crippen molar-refractivity contribution in [3.63, 3.8) is 0 Å². The normalized spacial score (nSPS) is 19.1. The summed E-state index contributed by atoms with van der Waals surface area (Å²) in [5.74, 6) is 2.05. The van der Waals surface area contributed by atoms with Crippen molar-refractivity contribution in [2.45, 2.75) is 12.5 Å². The maximum absolute atomic E-state index is 4.53. The molecule has 2 rings (SSSR count). The zero-order chi connectivity index (χ0) is 14.0. The van der Waals surface area contributed by atoms with Gasteiger partial charge in [0.2, 0.25) is 17.8 Å². The van der Waals surface area contributed by atoms with E-state index in [4.69, 9.17) is 0 Å². The Bertz CT molecular complexity index is 432. The van der Waals surface area contributed by atoms with E-state index in [0.29, 0.717) is 17.9 Å². The zero-order valence-corrected chi connectivity index (χ0v) is 12.4. The van der Waals surface area contributed by atoms with Crippen molar-refractivity contribution in [2.75, 3.05) is 63.4 Å². The van der Waals surface area contributed by atoms with Gasteiger partial charge in [0.25, 0.3) is 0 Å². The molecule has 1 atom stereocenters. The summed E-state index contributed by atoms with van der Waals surface area (Å²) < 4.78 is 0. The molecule has 2 heterocycles. The summed E-state index contributed by atoms with van der Waals surface area (Å²) in [4.78, 5) is 19.7. The molecule has 1 saturated heterocycles. The third-order valence-corrected chi connectivity index (χ3v) is 3.41. The minimum atomic E-state index is 0.567. The molecule has 0 bridgehead atoms. The van der Waals surface area contributed by atoms with Gasteiger partial charge in [0.15, 0.2) is 0 Å². The van der Waals surface area contributed by atoms with E-state index < -0.39 is 0 Å². The van der Waals surface area contributed by atoms with Crippen LogP contribution in [-0.4, -0.2) is 74.2 Å². The first kappa shape index (κ1) is 13.8. The van der Waals surface area contributed by atoms with Crippen LogP contribution in [0.2, 0.25) is 0 Å². The fourth-order valence-corrected chi connectivity index (χ4v) is 2.15. The maximum atomic E-state index is 4.53. The Balaban J connectivity index is 2.22. The largest absolute Gasteiger partial charge is 0.357 e. The standard InChI is InChI=1S/C12H23N7/c1-13-10-14-11(18(4)5)16-12(15-10)19-7-6-9(8-19)17(2)3/h9H,6-8H2,1-5H3,(H,13,14,15,16). The molecule has 0 aromatic carbocycles. The highest BCUT2D eigenvalue weighted by Gasteiger charge is 2.26. The second-order valence-electron chi connectivity index (χ2n) is 5.26. The van der Waals surface area contributed by atoms with Crippen LogP contribution in [0.25, 0.3) is 0 Å². The molecule has 0 aliphatic carbocycles. The summed E-state index contributed by atoms with van der Waals surface area (Å²) in [5, 5.41) is 2.99. The number of nitrogens with zero attached hydrogens (tertiary/aromatic N) is 6. The molecule has 106 valence electrons. The SMILES string of the molecule is CNc1nc(N(C)C)nc(N2CCC(N(C)C)C2)n1. The molecular weight excluding hydrogens is 242 g/mol. The van der Waals surface area contributed by atoms with Gasteiger partial charge in [0, 0.05) is 40.3 Å². The Morgan fingerprint density at radius 3 is 2.42 bits per heavy atom. The van der Waals surface area contributed by atoms with Crippen LogP contribution in [0.4, 0.5) is 17.8 Å². The predicted octanol–water partition coefficient (Wildman–Crippen LogP) is 0.120.